The van der Waals surface area contributed by atoms with Crippen LogP contribution in [0.15, 0.2) is 54.6 Å². The molecule has 2 aromatic carbocycles. The predicted molar refractivity (Wildman–Crippen MR) is 109 cm³/mol. The van der Waals surface area contributed by atoms with Gasteiger partial charge in [0.25, 0.3) is 0 Å². The number of benzene rings is 2. The molecule has 144 valence electrons. The molecule has 0 saturated carbocycles. The molecule has 1 saturated heterocycles. The minimum atomic E-state index is 0.0542. The Morgan fingerprint density at radius 2 is 1.78 bits per heavy atom. The zero-order chi connectivity index (χ0) is 19.1. The maximum absolute atomic E-state index is 12.5. The fourth-order valence-electron chi connectivity index (χ4n) is 3.53. The average molecular weight is 387 g/mol. The summed E-state index contributed by atoms with van der Waals surface area (Å²) in [6.45, 7) is 5.73. The molecule has 0 bridgehead atoms. The van der Waals surface area contributed by atoms with Crippen molar-refractivity contribution < 1.29 is 9.53 Å². The fourth-order valence-corrected chi connectivity index (χ4v) is 3.79. The van der Waals surface area contributed by atoms with Gasteiger partial charge in [0.2, 0.25) is 5.91 Å². The number of hydrogen-bond donors (Lipinski definition) is 1. The number of carbonyl (C=O) groups excluding carboxylic acids is 1. The van der Waals surface area contributed by atoms with Gasteiger partial charge in [-0.05, 0) is 23.1 Å². The van der Waals surface area contributed by atoms with Gasteiger partial charge in [0.15, 0.2) is 0 Å². The minimum Gasteiger partial charge on any atom is -0.379 e. The Bertz CT molecular complexity index is 732. The molecule has 1 N–H and O–H groups in total. The maximum atomic E-state index is 12.5. The lowest BCUT2D eigenvalue weighted by Crippen LogP contribution is -2.44. The third-order valence-corrected chi connectivity index (χ3v) is 5.45. The SMILES string of the molecule is C[C@H](CC(=O)NC[C@@H](c1ccccc1Cl)N1CCOCC1)c1ccccc1. The highest BCUT2D eigenvalue weighted by Crippen LogP contribution is 2.28. The summed E-state index contributed by atoms with van der Waals surface area (Å²) in [5.41, 5.74) is 2.24. The molecule has 1 fully saturated rings. The van der Waals surface area contributed by atoms with Crippen molar-refractivity contribution >= 4 is 17.5 Å². The van der Waals surface area contributed by atoms with Gasteiger partial charge in [0, 0.05) is 31.1 Å². The maximum Gasteiger partial charge on any atom is 0.220 e. The first-order valence-corrected chi connectivity index (χ1v) is 9.91. The zero-order valence-corrected chi connectivity index (χ0v) is 16.5. The van der Waals surface area contributed by atoms with Crippen molar-refractivity contribution in [1.82, 2.24) is 10.2 Å². The van der Waals surface area contributed by atoms with E-state index in [1.807, 2.05) is 42.5 Å². The number of ether oxygens (including phenoxy) is 1. The molecular formula is C22H27ClN2O2. The first-order valence-electron chi connectivity index (χ1n) is 9.53. The molecule has 0 spiro atoms. The molecule has 0 aliphatic carbocycles. The Morgan fingerprint density at radius 3 is 2.48 bits per heavy atom. The average Bonchev–Trinajstić information content (AvgIpc) is 2.71. The van der Waals surface area contributed by atoms with Crippen LogP contribution in [0, 0.1) is 0 Å². The van der Waals surface area contributed by atoms with Crippen molar-refractivity contribution in [3.05, 3.63) is 70.7 Å². The van der Waals surface area contributed by atoms with Crippen LogP contribution in [0.5, 0.6) is 0 Å². The summed E-state index contributed by atoms with van der Waals surface area (Å²) in [5.74, 6) is 0.255. The lowest BCUT2D eigenvalue weighted by molar-refractivity contribution is -0.121. The van der Waals surface area contributed by atoms with E-state index in [4.69, 9.17) is 16.3 Å². The molecule has 27 heavy (non-hydrogen) atoms. The van der Waals surface area contributed by atoms with Crippen LogP contribution in [0.2, 0.25) is 5.02 Å². The van der Waals surface area contributed by atoms with Gasteiger partial charge in [-0.25, -0.2) is 0 Å². The highest BCUT2D eigenvalue weighted by atomic mass is 35.5. The standard InChI is InChI=1S/C22H27ClN2O2/c1-17(18-7-3-2-4-8-18)15-22(26)24-16-21(25-11-13-27-14-12-25)19-9-5-6-10-20(19)23/h2-10,17,21H,11-16H2,1H3,(H,24,26)/t17-,21+/m1/s1. The molecular weight excluding hydrogens is 360 g/mol. The van der Waals surface area contributed by atoms with E-state index >= 15 is 0 Å². The highest BCUT2D eigenvalue weighted by Gasteiger charge is 2.25. The van der Waals surface area contributed by atoms with Crippen LogP contribution < -0.4 is 5.32 Å². The Hall–Kier alpha value is -1.88. The number of carbonyl (C=O) groups is 1. The van der Waals surface area contributed by atoms with Crippen LogP contribution in [-0.2, 0) is 9.53 Å². The van der Waals surface area contributed by atoms with E-state index in [2.05, 4.69) is 29.3 Å². The van der Waals surface area contributed by atoms with Crippen LogP contribution in [-0.4, -0.2) is 43.7 Å². The number of nitrogens with zero attached hydrogens (tertiary/aromatic N) is 1. The summed E-state index contributed by atoms with van der Waals surface area (Å²) in [7, 11) is 0. The number of hydrogen-bond acceptors (Lipinski definition) is 3. The molecule has 0 radical (unpaired) electrons. The third-order valence-electron chi connectivity index (χ3n) is 5.10. The van der Waals surface area contributed by atoms with Crippen molar-refractivity contribution in [3.8, 4) is 0 Å². The molecule has 1 heterocycles. The summed E-state index contributed by atoms with van der Waals surface area (Å²) in [6.07, 6.45) is 0.475. The lowest BCUT2D eigenvalue weighted by Gasteiger charge is -2.35. The normalized spacial score (nSPS) is 17.3. The molecule has 1 amide bonds. The summed E-state index contributed by atoms with van der Waals surface area (Å²) in [5, 5.41) is 3.86. The minimum absolute atomic E-state index is 0.0542. The second-order valence-electron chi connectivity index (χ2n) is 7.01. The fraction of sp³-hybridized carbons (Fsp3) is 0.409. The van der Waals surface area contributed by atoms with Gasteiger partial charge < -0.3 is 10.1 Å². The van der Waals surface area contributed by atoms with Crippen LogP contribution in [0.3, 0.4) is 0 Å². The molecule has 0 aromatic heterocycles. The van der Waals surface area contributed by atoms with Gasteiger partial charge in [0.1, 0.15) is 0 Å². The van der Waals surface area contributed by atoms with Crippen LogP contribution in [0.25, 0.3) is 0 Å². The molecule has 1 aliphatic heterocycles. The van der Waals surface area contributed by atoms with E-state index in [9.17, 15) is 4.79 Å². The van der Waals surface area contributed by atoms with Crippen LogP contribution >= 0.6 is 11.6 Å². The molecule has 5 heteroatoms. The van der Waals surface area contributed by atoms with E-state index in [-0.39, 0.29) is 17.9 Å². The molecule has 1 aliphatic rings. The summed E-state index contributed by atoms with van der Waals surface area (Å²) < 4.78 is 5.48. The largest absolute Gasteiger partial charge is 0.379 e. The van der Waals surface area contributed by atoms with Gasteiger partial charge in [-0.1, -0.05) is 67.1 Å². The molecule has 3 rings (SSSR count). The van der Waals surface area contributed by atoms with Crippen molar-refractivity contribution in [2.45, 2.75) is 25.3 Å². The van der Waals surface area contributed by atoms with Crippen molar-refractivity contribution in [1.29, 1.82) is 0 Å². The number of morpholine rings is 1. The molecule has 2 atom stereocenters. The number of rotatable bonds is 7. The van der Waals surface area contributed by atoms with Gasteiger partial charge in [-0.2, -0.15) is 0 Å². The summed E-state index contributed by atoms with van der Waals surface area (Å²) >= 11 is 6.45. The van der Waals surface area contributed by atoms with Gasteiger partial charge in [-0.3, -0.25) is 9.69 Å². The topological polar surface area (TPSA) is 41.6 Å². The van der Waals surface area contributed by atoms with E-state index in [0.717, 1.165) is 23.7 Å². The third kappa shape index (κ3) is 5.55. The smallest absolute Gasteiger partial charge is 0.220 e. The Kier molecular flexibility index (Phi) is 7.27. The molecule has 0 unspecified atom stereocenters. The van der Waals surface area contributed by atoms with Gasteiger partial charge in [-0.15, -0.1) is 0 Å². The van der Waals surface area contributed by atoms with Crippen molar-refractivity contribution in [2.75, 3.05) is 32.8 Å². The van der Waals surface area contributed by atoms with E-state index in [1.165, 1.54) is 5.56 Å². The van der Waals surface area contributed by atoms with Crippen LogP contribution in [0.4, 0.5) is 0 Å². The number of nitrogens with one attached hydrogen (secondary N) is 1. The highest BCUT2D eigenvalue weighted by molar-refractivity contribution is 6.31. The van der Waals surface area contributed by atoms with E-state index < -0.39 is 0 Å². The summed E-state index contributed by atoms with van der Waals surface area (Å²) in [6, 6.07) is 18.1. The van der Waals surface area contributed by atoms with Gasteiger partial charge >= 0.3 is 0 Å². The zero-order valence-electron chi connectivity index (χ0n) is 15.7. The Balaban J connectivity index is 1.63. The Morgan fingerprint density at radius 1 is 1.11 bits per heavy atom. The van der Waals surface area contributed by atoms with E-state index in [0.29, 0.717) is 26.2 Å². The lowest BCUT2D eigenvalue weighted by atomic mass is 9.97. The van der Waals surface area contributed by atoms with Gasteiger partial charge in [0.05, 0.1) is 19.3 Å². The van der Waals surface area contributed by atoms with Crippen molar-refractivity contribution in [2.24, 2.45) is 0 Å². The molecule has 4 nitrogen and oxygen atoms in total. The second kappa shape index (κ2) is 9.88. The van der Waals surface area contributed by atoms with Crippen LogP contribution in [0.1, 0.15) is 36.4 Å². The monoisotopic (exact) mass is 386 g/mol. The number of halogens is 1. The molecule has 2 aromatic rings. The Labute approximate surface area is 166 Å². The first-order chi connectivity index (χ1) is 13.1. The van der Waals surface area contributed by atoms with Crippen molar-refractivity contribution in [3.63, 3.8) is 0 Å². The number of amides is 1. The predicted octanol–water partition coefficient (Wildman–Crippen LogP) is 4.02. The first kappa shape index (κ1) is 19.9. The summed E-state index contributed by atoms with van der Waals surface area (Å²) in [4.78, 5) is 14.9. The quantitative estimate of drug-likeness (QED) is 0.781. The van der Waals surface area contributed by atoms with E-state index in [1.54, 1.807) is 0 Å². The second-order valence-corrected chi connectivity index (χ2v) is 7.41.